The number of benzene rings is 2. The van der Waals surface area contributed by atoms with Gasteiger partial charge in [-0.05, 0) is 53.3 Å². The zero-order valence-corrected chi connectivity index (χ0v) is 20.3. The molecule has 2 aromatic heterocycles. The molecular weight excluding hydrogens is 466 g/mol. The Kier molecular flexibility index (Phi) is 6.46. The van der Waals surface area contributed by atoms with E-state index in [1.54, 1.807) is 37.7 Å². The van der Waals surface area contributed by atoms with Crippen molar-refractivity contribution >= 4 is 28.2 Å². The Labute approximate surface area is 206 Å². The van der Waals surface area contributed by atoms with E-state index in [1.807, 2.05) is 46.7 Å². The first-order chi connectivity index (χ1) is 17.1. The van der Waals surface area contributed by atoms with Crippen molar-refractivity contribution in [1.29, 1.82) is 0 Å². The van der Waals surface area contributed by atoms with Crippen molar-refractivity contribution in [1.82, 2.24) is 4.90 Å². The first kappa shape index (κ1) is 23.0. The second-order valence-corrected chi connectivity index (χ2v) is 9.28. The second kappa shape index (κ2) is 9.84. The fraction of sp³-hybridized carbons (Fsp3) is 0.259. The predicted molar refractivity (Wildman–Crippen MR) is 134 cm³/mol. The standard InChI is InChI=1S/C27H25NO6S/c1-31-24-12-17-9-10-28(26(29)13-18-6-5-11-35-18)21(20(17)14-25(24)32-2)16-33-23-15-27(30)34-22-8-4-3-7-19(22)23/h3-8,11-12,14-15,21H,9-10,13,16H2,1-2H3. The van der Waals surface area contributed by atoms with Gasteiger partial charge in [-0.2, -0.15) is 0 Å². The highest BCUT2D eigenvalue weighted by Gasteiger charge is 2.33. The van der Waals surface area contributed by atoms with Gasteiger partial charge in [0, 0.05) is 11.4 Å². The molecule has 0 radical (unpaired) electrons. The summed E-state index contributed by atoms with van der Waals surface area (Å²) >= 11 is 1.57. The molecule has 35 heavy (non-hydrogen) atoms. The molecule has 5 rings (SSSR count). The van der Waals surface area contributed by atoms with Crippen LogP contribution in [0.25, 0.3) is 11.0 Å². The van der Waals surface area contributed by atoms with Crippen LogP contribution in [-0.2, 0) is 17.6 Å². The summed E-state index contributed by atoms with van der Waals surface area (Å²) in [7, 11) is 3.20. The summed E-state index contributed by atoms with van der Waals surface area (Å²) in [5.41, 5.74) is 1.99. The summed E-state index contributed by atoms with van der Waals surface area (Å²) in [6.45, 7) is 0.727. The molecule has 0 aliphatic carbocycles. The average molecular weight is 492 g/mol. The molecule has 7 nitrogen and oxygen atoms in total. The fourth-order valence-corrected chi connectivity index (χ4v) is 5.24. The maximum Gasteiger partial charge on any atom is 0.339 e. The Bertz CT molecular complexity index is 1410. The zero-order chi connectivity index (χ0) is 24.4. The number of rotatable bonds is 7. The smallest absolute Gasteiger partial charge is 0.339 e. The maximum atomic E-state index is 13.4. The normalized spacial score (nSPS) is 15.0. The van der Waals surface area contributed by atoms with E-state index in [1.165, 1.54) is 6.07 Å². The van der Waals surface area contributed by atoms with Gasteiger partial charge in [-0.25, -0.2) is 4.79 Å². The highest BCUT2D eigenvalue weighted by Crippen LogP contribution is 2.39. The van der Waals surface area contributed by atoms with E-state index in [0.717, 1.165) is 16.0 Å². The molecule has 1 atom stereocenters. The summed E-state index contributed by atoms with van der Waals surface area (Å²) < 4.78 is 22.6. The van der Waals surface area contributed by atoms with Crippen molar-refractivity contribution < 1.29 is 23.4 Å². The van der Waals surface area contributed by atoms with E-state index in [9.17, 15) is 9.59 Å². The molecule has 0 fully saturated rings. The minimum atomic E-state index is -0.486. The average Bonchev–Trinajstić information content (AvgIpc) is 3.38. The zero-order valence-electron chi connectivity index (χ0n) is 19.5. The van der Waals surface area contributed by atoms with Crippen LogP contribution in [-0.4, -0.2) is 38.2 Å². The van der Waals surface area contributed by atoms with Gasteiger partial charge >= 0.3 is 5.63 Å². The quantitative estimate of drug-likeness (QED) is 0.351. The second-order valence-electron chi connectivity index (χ2n) is 8.25. The summed E-state index contributed by atoms with van der Waals surface area (Å²) in [5.74, 6) is 1.69. The largest absolute Gasteiger partial charge is 0.493 e. The van der Waals surface area contributed by atoms with Crippen molar-refractivity contribution in [2.24, 2.45) is 0 Å². The lowest BCUT2D eigenvalue weighted by Gasteiger charge is -2.37. The summed E-state index contributed by atoms with van der Waals surface area (Å²) in [6, 6.07) is 16.0. The van der Waals surface area contributed by atoms with E-state index in [4.69, 9.17) is 18.6 Å². The van der Waals surface area contributed by atoms with Crippen LogP contribution in [0.4, 0.5) is 0 Å². The van der Waals surface area contributed by atoms with Crippen LogP contribution in [0.1, 0.15) is 22.0 Å². The lowest BCUT2D eigenvalue weighted by Crippen LogP contribution is -2.43. The molecule has 180 valence electrons. The molecule has 1 unspecified atom stereocenters. The van der Waals surface area contributed by atoms with Crippen LogP contribution in [0.15, 0.2) is 69.2 Å². The molecule has 1 amide bonds. The summed E-state index contributed by atoms with van der Waals surface area (Å²) in [5, 5.41) is 2.67. The van der Waals surface area contributed by atoms with Gasteiger partial charge in [-0.15, -0.1) is 11.3 Å². The number of amides is 1. The van der Waals surface area contributed by atoms with Gasteiger partial charge in [0.05, 0.1) is 38.1 Å². The number of hydrogen-bond acceptors (Lipinski definition) is 7. The lowest BCUT2D eigenvalue weighted by atomic mass is 9.91. The number of fused-ring (bicyclic) bond motifs is 2. The minimum Gasteiger partial charge on any atom is -0.493 e. The molecule has 3 heterocycles. The topological polar surface area (TPSA) is 78.2 Å². The number of carbonyl (C=O) groups excluding carboxylic acids is 1. The van der Waals surface area contributed by atoms with Crippen LogP contribution >= 0.6 is 11.3 Å². The van der Waals surface area contributed by atoms with Gasteiger partial charge in [0.2, 0.25) is 5.91 Å². The van der Waals surface area contributed by atoms with Gasteiger partial charge in [0.15, 0.2) is 11.5 Å². The maximum absolute atomic E-state index is 13.4. The van der Waals surface area contributed by atoms with Crippen LogP contribution < -0.4 is 19.8 Å². The number of carbonyl (C=O) groups is 1. The van der Waals surface area contributed by atoms with E-state index in [2.05, 4.69) is 0 Å². The first-order valence-electron chi connectivity index (χ1n) is 11.3. The Hall–Kier alpha value is -3.78. The number of para-hydroxylation sites is 1. The Morgan fingerprint density at radius 1 is 1.06 bits per heavy atom. The minimum absolute atomic E-state index is 0.0268. The fourth-order valence-electron chi connectivity index (χ4n) is 4.54. The number of hydrogen-bond donors (Lipinski definition) is 0. The lowest BCUT2D eigenvalue weighted by molar-refractivity contribution is -0.134. The SMILES string of the molecule is COc1cc2c(cc1OC)C(COc1cc(=O)oc3ccccc13)N(C(=O)Cc1cccs1)CC2. The highest BCUT2D eigenvalue weighted by molar-refractivity contribution is 7.10. The van der Waals surface area contributed by atoms with Crippen LogP contribution in [0.3, 0.4) is 0 Å². The third-order valence-electron chi connectivity index (χ3n) is 6.24. The molecule has 0 saturated heterocycles. The Balaban J connectivity index is 1.51. The highest BCUT2D eigenvalue weighted by atomic mass is 32.1. The van der Waals surface area contributed by atoms with Crippen LogP contribution in [0, 0.1) is 0 Å². The Morgan fingerprint density at radius 2 is 1.86 bits per heavy atom. The van der Waals surface area contributed by atoms with Gasteiger partial charge in [-0.3, -0.25) is 4.79 Å². The molecule has 0 N–H and O–H groups in total. The molecular formula is C27H25NO6S. The molecule has 0 bridgehead atoms. The van der Waals surface area contributed by atoms with Crippen LogP contribution in [0.2, 0.25) is 0 Å². The van der Waals surface area contributed by atoms with E-state index < -0.39 is 5.63 Å². The Morgan fingerprint density at radius 3 is 2.63 bits per heavy atom. The molecule has 4 aromatic rings. The van der Waals surface area contributed by atoms with Crippen molar-refractivity contribution in [3.05, 3.63) is 86.4 Å². The summed E-state index contributed by atoms with van der Waals surface area (Å²) in [6.07, 6.45) is 1.02. The molecule has 8 heteroatoms. The third-order valence-corrected chi connectivity index (χ3v) is 7.11. The van der Waals surface area contributed by atoms with Gasteiger partial charge in [-0.1, -0.05) is 18.2 Å². The number of methoxy groups -OCH3 is 2. The molecule has 1 aliphatic rings. The van der Waals surface area contributed by atoms with Crippen molar-refractivity contribution in [3.63, 3.8) is 0 Å². The monoisotopic (exact) mass is 491 g/mol. The first-order valence-corrected chi connectivity index (χ1v) is 12.2. The van der Waals surface area contributed by atoms with E-state index in [0.29, 0.717) is 47.6 Å². The van der Waals surface area contributed by atoms with Crippen molar-refractivity contribution in [2.45, 2.75) is 18.9 Å². The number of nitrogens with zero attached hydrogens (tertiary/aromatic N) is 1. The molecule has 0 spiro atoms. The van der Waals surface area contributed by atoms with Crippen LogP contribution in [0.5, 0.6) is 17.2 Å². The third kappa shape index (κ3) is 4.61. The van der Waals surface area contributed by atoms with Gasteiger partial charge in [0.1, 0.15) is 17.9 Å². The van der Waals surface area contributed by atoms with Crippen molar-refractivity contribution in [2.75, 3.05) is 27.4 Å². The molecule has 0 saturated carbocycles. The van der Waals surface area contributed by atoms with E-state index >= 15 is 0 Å². The number of thiophene rings is 1. The van der Waals surface area contributed by atoms with Gasteiger partial charge in [0.25, 0.3) is 0 Å². The summed E-state index contributed by atoms with van der Waals surface area (Å²) in [4.78, 5) is 28.4. The number of ether oxygens (including phenoxy) is 3. The van der Waals surface area contributed by atoms with E-state index in [-0.39, 0.29) is 18.6 Å². The van der Waals surface area contributed by atoms with Gasteiger partial charge < -0.3 is 23.5 Å². The predicted octanol–water partition coefficient (Wildman–Crippen LogP) is 4.62. The van der Waals surface area contributed by atoms with Crippen molar-refractivity contribution in [3.8, 4) is 17.2 Å². The molecule has 2 aromatic carbocycles. The molecule has 1 aliphatic heterocycles.